The lowest BCUT2D eigenvalue weighted by atomic mass is 10.0. The van der Waals surface area contributed by atoms with E-state index in [0.717, 1.165) is 17.1 Å². The lowest BCUT2D eigenvalue weighted by Crippen LogP contribution is -2.36. The molecule has 5 aromatic rings. The van der Waals surface area contributed by atoms with Crippen LogP contribution >= 0.6 is 11.6 Å². The summed E-state index contributed by atoms with van der Waals surface area (Å²) in [5.41, 5.74) is -0.156. The third-order valence-corrected chi connectivity index (χ3v) is 6.45. The Morgan fingerprint density at radius 2 is 1.88 bits per heavy atom. The van der Waals surface area contributed by atoms with Gasteiger partial charge in [-0.3, -0.25) is 4.68 Å². The van der Waals surface area contributed by atoms with E-state index in [9.17, 15) is 22.8 Å². The highest BCUT2D eigenvalue weighted by molar-refractivity contribution is 6.31. The van der Waals surface area contributed by atoms with Gasteiger partial charge in [0.2, 0.25) is 5.69 Å². The number of aromatic nitrogens is 9. The fourth-order valence-electron chi connectivity index (χ4n) is 4.26. The predicted octanol–water partition coefficient (Wildman–Crippen LogP) is 4.51. The lowest BCUT2D eigenvalue weighted by Gasteiger charge is -2.18. The van der Waals surface area contributed by atoms with E-state index in [2.05, 4.69) is 30.2 Å². The van der Waals surface area contributed by atoms with Crippen molar-refractivity contribution in [3.8, 4) is 28.2 Å². The Morgan fingerprint density at radius 3 is 2.54 bits per heavy atom. The zero-order chi connectivity index (χ0) is 29.3. The number of hydrogen-bond acceptors (Lipinski definition) is 7. The van der Waals surface area contributed by atoms with E-state index in [1.807, 2.05) is 0 Å². The number of hydrogen-bond donors (Lipinski definition) is 0. The monoisotopic (exact) mass is 595 g/mol. The molecule has 1 aromatic carbocycles. The number of alkyl halides is 4. The number of ether oxygens (including phenoxy) is 1. The van der Waals surface area contributed by atoms with Crippen molar-refractivity contribution in [1.82, 2.24) is 39.5 Å². The van der Waals surface area contributed by atoms with E-state index >= 15 is 4.39 Å². The maximum Gasteiger partial charge on any atom is 0.345 e. The highest BCUT2D eigenvalue weighted by Gasteiger charge is 2.27. The highest BCUT2D eigenvalue weighted by atomic mass is 35.5. The number of pyridine rings is 1. The molecule has 0 saturated heterocycles. The van der Waals surface area contributed by atoms with Crippen LogP contribution in [0.4, 0.5) is 22.0 Å². The maximum atomic E-state index is 15.3. The van der Waals surface area contributed by atoms with Gasteiger partial charge in [0.25, 0.3) is 6.43 Å². The summed E-state index contributed by atoms with van der Waals surface area (Å²) in [7, 11) is 1.68. The summed E-state index contributed by atoms with van der Waals surface area (Å²) in [4.78, 5) is 4.15. The average molecular weight is 596 g/mol. The van der Waals surface area contributed by atoms with Gasteiger partial charge in [-0.05, 0) is 18.2 Å². The van der Waals surface area contributed by atoms with Gasteiger partial charge in [-0.1, -0.05) is 16.8 Å². The first-order chi connectivity index (χ1) is 19.6. The van der Waals surface area contributed by atoms with Crippen molar-refractivity contribution in [3.63, 3.8) is 0 Å². The first kappa shape index (κ1) is 28.1. The van der Waals surface area contributed by atoms with Crippen LogP contribution in [-0.2, 0) is 11.8 Å². The molecule has 0 saturated carbocycles. The van der Waals surface area contributed by atoms with Gasteiger partial charge in [-0.15, -0.1) is 5.10 Å². The van der Waals surface area contributed by atoms with E-state index in [1.54, 1.807) is 13.2 Å². The van der Waals surface area contributed by atoms with E-state index in [4.69, 9.17) is 11.6 Å². The fourth-order valence-corrected chi connectivity index (χ4v) is 4.42. The maximum absolute atomic E-state index is 15.3. The molecule has 1 atom stereocenters. The molecule has 5 rings (SSSR count). The van der Waals surface area contributed by atoms with Crippen molar-refractivity contribution in [2.45, 2.75) is 25.5 Å². The third kappa shape index (κ3) is 5.74. The molecule has 0 N–H and O–H groups in total. The number of halogens is 6. The molecule has 41 heavy (non-hydrogen) atoms. The van der Waals surface area contributed by atoms with Crippen molar-refractivity contribution in [2.75, 3.05) is 6.61 Å². The lowest BCUT2D eigenvalue weighted by molar-refractivity contribution is -0.615. The van der Waals surface area contributed by atoms with Crippen molar-refractivity contribution in [2.24, 2.45) is 7.05 Å². The van der Waals surface area contributed by atoms with Crippen LogP contribution in [0.15, 0.2) is 55.4 Å². The summed E-state index contributed by atoms with van der Waals surface area (Å²) in [6, 6.07) is 4.45. The van der Waals surface area contributed by atoms with Gasteiger partial charge < -0.3 is 9.94 Å². The molecule has 17 heteroatoms. The zero-order valence-corrected chi connectivity index (χ0v) is 21.7. The van der Waals surface area contributed by atoms with Crippen LogP contribution in [0.25, 0.3) is 28.2 Å². The second-order valence-electron chi connectivity index (χ2n) is 8.66. The van der Waals surface area contributed by atoms with Gasteiger partial charge in [0.05, 0.1) is 46.4 Å². The van der Waals surface area contributed by atoms with Gasteiger partial charge in [0.1, 0.15) is 18.1 Å². The number of rotatable bonds is 10. The molecule has 0 aliphatic carbocycles. The largest absolute Gasteiger partial charge is 0.618 e. The molecule has 0 unspecified atom stereocenters. The minimum atomic E-state index is -3.02. The standard InChI is InChI=1S/C24H19ClF5N9O2/c1-36-23(31-12-33-36)14-8-32-37(9-14)17(6-7-41-24(29)30)18-4-2-13(10-39(18)40)20-19(5-3-15(25)21(20)26)38-11-16(22(27)28)34-35-38/h2-5,8-12,17,22,24H,6-7H2,1H3/t17-/m1/s1. The van der Waals surface area contributed by atoms with Crippen molar-refractivity contribution in [1.29, 1.82) is 0 Å². The molecule has 0 radical (unpaired) electrons. The molecule has 0 fully saturated rings. The molecular weight excluding hydrogens is 577 g/mol. The Hall–Kier alpha value is -4.44. The average Bonchev–Trinajstić information content (AvgIpc) is 3.69. The van der Waals surface area contributed by atoms with Gasteiger partial charge in [0.15, 0.2) is 17.8 Å². The molecule has 0 bridgehead atoms. The highest BCUT2D eigenvalue weighted by Crippen LogP contribution is 2.34. The second-order valence-corrected chi connectivity index (χ2v) is 9.07. The summed E-state index contributed by atoms with van der Waals surface area (Å²) < 4.78 is 75.6. The van der Waals surface area contributed by atoms with Crippen LogP contribution in [0.5, 0.6) is 0 Å². The van der Waals surface area contributed by atoms with Gasteiger partial charge >= 0.3 is 6.61 Å². The molecule has 0 spiro atoms. The molecule has 11 nitrogen and oxygen atoms in total. The smallest absolute Gasteiger partial charge is 0.345 e. The van der Waals surface area contributed by atoms with Crippen LogP contribution in [0.1, 0.15) is 30.3 Å². The minimum Gasteiger partial charge on any atom is -0.618 e. The minimum absolute atomic E-state index is 0.00123. The summed E-state index contributed by atoms with van der Waals surface area (Å²) in [5, 5.41) is 28.4. The van der Waals surface area contributed by atoms with E-state index in [1.165, 1.54) is 46.2 Å². The van der Waals surface area contributed by atoms with Crippen LogP contribution in [0.2, 0.25) is 5.02 Å². The van der Waals surface area contributed by atoms with E-state index < -0.39 is 37.2 Å². The third-order valence-electron chi connectivity index (χ3n) is 6.15. The van der Waals surface area contributed by atoms with E-state index in [-0.39, 0.29) is 34.0 Å². The van der Waals surface area contributed by atoms with Crippen LogP contribution < -0.4 is 4.73 Å². The summed E-state index contributed by atoms with van der Waals surface area (Å²) in [5.74, 6) is -0.440. The molecule has 214 valence electrons. The van der Waals surface area contributed by atoms with Crippen molar-refractivity contribution < 1.29 is 31.4 Å². The van der Waals surface area contributed by atoms with Crippen LogP contribution in [-0.4, -0.2) is 52.8 Å². The summed E-state index contributed by atoms with van der Waals surface area (Å²) in [6.07, 6.45) is 3.41. The molecule has 0 aliphatic heterocycles. The van der Waals surface area contributed by atoms with Crippen molar-refractivity contribution >= 4 is 11.6 Å². The van der Waals surface area contributed by atoms with E-state index in [0.29, 0.717) is 16.1 Å². The summed E-state index contributed by atoms with van der Waals surface area (Å²) >= 11 is 6.00. The number of aryl methyl sites for hydroxylation is 1. The van der Waals surface area contributed by atoms with Gasteiger partial charge in [-0.25, -0.2) is 27.5 Å². The van der Waals surface area contributed by atoms with Gasteiger partial charge in [-0.2, -0.15) is 23.7 Å². The summed E-state index contributed by atoms with van der Waals surface area (Å²) in [6.45, 7) is -3.43. The Bertz CT molecular complexity index is 1670. The predicted molar refractivity (Wildman–Crippen MR) is 133 cm³/mol. The Labute approximate surface area is 233 Å². The first-order valence-electron chi connectivity index (χ1n) is 11.8. The van der Waals surface area contributed by atoms with Gasteiger partial charge in [0, 0.05) is 25.7 Å². The Kier molecular flexibility index (Phi) is 7.94. The first-order valence-corrected chi connectivity index (χ1v) is 12.2. The number of benzene rings is 1. The normalized spacial score (nSPS) is 12.5. The molecule has 0 aliphatic rings. The zero-order valence-electron chi connectivity index (χ0n) is 21.0. The SMILES string of the molecule is Cn1ncnc1-c1cnn([C@H](CCOC(F)F)c2ccc(-c3c(-n4cc(C(F)F)nn4)ccc(Cl)c3F)c[n+]2[O-])c1. The van der Waals surface area contributed by atoms with Crippen molar-refractivity contribution in [3.05, 3.63) is 82.8 Å². The molecule has 0 amide bonds. The van der Waals surface area contributed by atoms with Crippen LogP contribution in [0, 0.1) is 11.0 Å². The quantitative estimate of drug-likeness (QED) is 0.133. The molecular formula is C24H19ClF5N9O2. The molecule has 4 heterocycles. The Balaban J connectivity index is 1.55. The fraction of sp³-hybridized carbons (Fsp3) is 0.250. The van der Waals surface area contributed by atoms with Crippen LogP contribution in [0.3, 0.4) is 0 Å². The number of nitrogens with zero attached hydrogens (tertiary/aromatic N) is 9. The molecule has 4 aromatic heterocycles. The topological polar surface area (TPSA) is 115 Å². The second kappa shape index (κ2) is 11.6. The Morgan fingerprint density at radius 1 is 1.07 bits per heavy atom.